The van der Waals surface area contributed by atoms with Crippen LogP contribution in [-0.4, -0.2) is 83.8 Å². The van der Waals surface area contributed by atoms with Gasteiger partial charge in [0.2, 0.25) is 10.9 Å². The van der Waals surface area contributed by atoms with Crippen LogP contribution in [0.4, 0.5) is 19.0 Å². The number of halogens is 4. The topological polar surface area (TPSA) is 203 Å². The van der Waals surface area contributed by atoms with Crippen molar-refractivity contribution < 1.29 is 42.8 Å². The number of fused-ring (bicyclic) bond motifs is 1. The van der Waals surface area contributed by atoms with Gasteiger partial charge >= 0.3 is 12.1 Å². The minimum Gasteiger partial charge on any atom is -0.479 e. The van der Waals surface area contributed by atoms with Gasteiger partial charge in [-0.2, -0.15) is 28.3 Å². The van der Waals surface area contributed by atoms with Crippen LogP contribution in [0.3, 0.4) is 0 Å². The molecule has 2 aromatic heterocycles. The third-order valence-corrected chi connectivity index (χ3v) is 6.59. The number of nitrogens with two attached hydrogens (primary N) is 1. The predicted octanol–water partition coefficient (Wildman–Crippen LogP) is 2.24. The molecular formula is C23H24ClF3N8O6. The van der Waals surface area contributed by atoms with Crippen LogP contribution in [0.2, 0.25) is 5.28 Å². The van der Waals surface area contributed by atoms with Gasteiger partial charge in [-0.1, -0.05) is 19.6 Å². The molecule has 5 N–H and O–H groups in total. The number of azo groups is 1. The minimum absolute atomic E-state index is 0. The molecule has 0 spiro atoms. The molecule has 3 aromatic rings. The van der Waals surface area contributed by atoms with Crippen molar-refractivity contribution in [3.63, 3.8) is 0 Å². The number of carboxylic acids is 1. The Labute approximate surface area is 234 Å². The number of benzene rings is 1. The molecule has 2 aliphatic heterocycles. The Morgan fingerprint density at radius 3 is 2.51 bits per heavy atom. The van der Waals surface area contributed by atoms with E-state index < -0.39 is 60.9 Å². The van der Waals surface area contributed by atoms with E-state index in [1.54, 1.807) is 0 Å². The largest absolute Gasteiger partial charge is 0.479 e. The van der Waals surface area contributed by atoms with E-state index in [4.69, 9.17) is 26.8 Å². The lowest BCUT2D eigenvalue weighted by Gasteiger charge is -2.29. The monoisotopic (exact) mass is 600 g/mol. The van der Waals surface area contributed by atoms with Crippen LogP contribution >= 0.6 is 11.6 Å². The molecule has 1 unspecified atom stereocenters. The maximum absolute atomic E-state index is 13.0. The molecule has 0 saturated carbocycles. The summed E-state index contributed by atoms with van der Waals surface area (Å²) in [5.41, 5.74) is 3.04. The van der Waals surface area contributed by atoms with Crippen LogP contribution in [0.5, 0.6) is 0 Å². The standard InChI is InChI=1S/C22H20ClF3N8O6.CH4/c23-20-31-15(27)12-16(32-20)34(8-29-12)17-14(36)13(35)11(40-17)6-39-21(19(37)38,18-28-7-30-33-18)5-9-1-3-10(4-2-9)22(24,25)26;/h1-4,8,11,13-14,17,35-36H,5-7H2,(H,37,38)(H2,27,31,32);1H4/t11-,13-,14-,17-,21?;/m1./s1. The maximum Gasteiger partial charge on any atom is 0.416 e. The molecule has 18 heteroatoms. The van der Waals surface area contributed by atoms with Gasteiger partial charge in [-0.05, 0) is 29.3 Å². The molecule has 0 bridgehead atoms. The number of aromatic nitrogens is 4. The van der Waals surface area contributed by atoms with E-state index in [1.807, 2.05) is 0 Å². The Morgan fingerprint density at radius 1 is 1.20 bits per heavy atom. The Hall–Kier alpha value is -3.77. The summed E-state index contributed by atoms with van der Waals surface area (Å²) in [7, 11) is 0. The van der Waals surface area contributed by atoms with Gasteiger partial charge in [-0.3, -0.25) is 4.57 Å². The number of hydrogen-bond donors (Lipinski definition) is 4. The number of nitrogens with zero attached hydrogens (tertiary/aromatic N) is 7. The van der Waals surface area contributed by atoms with Crippen LogP contribution in [0.25, 0.3) is 11.2 Å². The second-order valence-corrected chi connectivity index (χ2v) is 9.27. The first-order chi connectivity index (χ1) is 18.9. The quantitative estimate of drug-likeness (QED) is 0.278. The van der Waals surface area contributed by atoms with E-state index >= 15 is 0 Å². The number of alkyl halides is 3. The van der Waals surface area contributed by atoms with Gasteiger partial charge in [0.15, 0.2) is 30.2 Å². The summed E-state index contributed by atoms with van der Waals surface area (Å²) in [5.74, 6) is -1.91. The summed E-state index contributed by atoms with van der Waals surface area (Å²) in [6.45, 7) is -0.772. The zero-order valence-electron chi connectivity index (χ0n) is 20.1. The number of carboxylic acid groups (broad SMARTS) is 1. The average Bonchev–Trinajstić information content (AvgIpc) is 3.63. The Balaban J connectivity index is 0.00000387. The van der Waals surface area contributed by atoms with E-state index in [0.29, 0.717) is 0 Å². The highest BCUT2D eigenvalue weighted by atomic mass is 35.5. The fourth-order valence-corrected chi connectivity index (χ4v) is 4.55. The first-order valence-corrected chi connectivity index (χ1v) is 11.9. The van der Waals surface area contributed by atoms with Gasteiger partial charge in [0.25, 0.3) is 0 Å². The van der Waals surface area contributed by atoms with E-state index in [0.717, 1.165) is 24.3 Å². The Kier molecular flexibility index (Phi) is 8.28. The van der Waals surface area contributed by atoms with Crippen molar-refractivity contribution in [1.82, 2.24) is 19.5 Å². The molecule has 0 aliphatic carbocycles. The van der Waals surface area contributed by atoms with Crippen molar-refractivity contribution in [3.8, 4) is 0 Å². The normalized spacial score (nSPS) is 23.8. The minimum atomic E-state index is -4.58. The van der Waals surface area contributed by atoms with E-state index in [1.165, 1.54) is 10.9 Å². The number of nitrogen functional groups attached to an aromatic ring is 1. The molecule has 220 valence electrons. The van der Waals surface area contributed by atoms with Gasteiger partial charge in [-0.15, -0.1) is 5.11 Å². The molecule has 2 aliphatic rings. The van der Waals surface area contributed by atoms with Gasteiger partial charge in [0, 0.05) is 6.42 Å². The first-order valence-electron chi connectivity index (χ1n) is 11.5. The number of aliphatic hydroxyl groups is 2. The number of hydrogen-bond acceptors (Lipinski definition) is 12. The van der Waals surface area contributed by atoms with Crippen molar-refractivity contribution in [2.24, 2.45) is 15.2 Å². The van der Waals surface area contributed by atoms with E-state index in [2.05, 4.69) is 30.2 Å². The highest BCUT2D eigenvalue weighted by molar-refractivity contribution is 6.28. The number of carbonyl (C=O) groups is 1. The molecule has 4 heterocycles. The molecule has 14 nitrogen and oxygen atoms in total. The van der Waals surface area contributed by atoms with Crippen LogP contribution in [0, 0.1) is 0 Å². The molecule has 0 radical (unpaired) electrons. The third-order valence-electron chi connectivity index (χ3n) is 6.42. The van der Waals surface area contributed by atoms with Crippen molar-refractivity contribution in [2.45, 2.75) is 50.2 Å². The first kappa shape index (κ1) is 30.2. The molecular weight excluding hydrogens is 577 g/mol. The van der Waals surface area contributed by atoms with Crippen molar-refractivity contribution in [1.29, 1.82) is 0 Å². The highest BCUT2D eigenvalue weighted by Crippen LogP contribution is 2.35. The number of aliphatic hydroxyl groups excluding tert-OH is 2. The third kappa shape index (κ3) is 5.58. The lowest BCUT2D eigenvalue weighted by Crippen LogP contribution is -2.52. The molecule has 41 heavy (non-hydrogen) atoms. The molecule has 0 amide bonds. The van der Waals surface area contributed by atoms with Crippen molar-refractivity contribution in [2.75, 3.05) is 19.0 Å². The second kappa shape index (κ2) is 11.2. The number of imidazole rings is 1. The number of rotatable bonds is 8. The van der Waals surface area contributed by atoms with Gasteiger partial charge in [0.05, 0.1) is 18.5 Å². The van der Waals surface area contributed by atoms with Crippen LogP contribution in [0.1, 0.15) is 24.8 Å². The van der Waals surface area contributed by atoms with E-state index in [-0.39, 0.29) is 47.8 Å². The lowest BCUT2D eigenvalue weighted by molar-refractivity contribution is -0.162. The summed E-state index contributed by atoms with van der Waals surface area (Å²) in [6.07, 6.45) is -9.46. The fourth-order valence-electron chi connectivity index (χ4n) is 4.38. The summed E-state index contributed by atoms with van der Waals surface area (Å²) < 4.78 is 51.9. The number of aliphatic carboxylic acids is 1. The van der Waals surface area contributed by atoms with Crippen LogP contribution < -0.4 is 5.73 Å². The van der Waals surface area contributed by atoms with Gasteiger partial charge in [-0.25, -0.2) is 14.8 Å². The van der Waals surface area contributed by atoms with Crippen LogP contribution in [-0.2, 0) is 26.9 Å². The smallest absolute Gasteiger partial charge is 0.416 e. The summed E-state index contributed by atoms with van der Waals surface area (Å²) in [5, 5.41) is 38.9. The molecule has 1 aromatic carbocycles. The average molecular weight is 601 g/mol. The number of aliphatic imine (C=N–C) groups is 1. The second-order valence-electron chi connectivity index (χ2n) is 8.93. The highest BCUT2D eigenvalue weighted by Gasteiger charge is 2.50. The van der Waals surface area contributed by atoms with Crippen LogP contribution in [0.15, 0.2) is 45.8 Å². The lowest BCUT2D eigenvalue weighted by atomic mass is 9.92. The fraction of sp³-hybridized carbons (Fsp3) is 0.435. The van der Waals surface area contributed by atoms with Crippen molar-refractivity contribution >= 4 is 40.4 Å². The van der Waals surface area contributed by atoms with Gasteiger partial charge < -0.3 is 30.5 Å². The predicted molar refractivity (Wildman–Crippen MR) is 136 cm³/mol. The molecule has 5 atom stereocenters. The number of anilines is 1. The zero-order valence-corrected chi connectivity index (χ0v) is 20.9. The summed E-state index contributed by atoms with van der Waals surface area (Å²) >= 11 is 5.89. The maximum atomic E-state index is 13.0. The SMILES string of the molecule is C.Nc1nc(Cl)nc2c1ncn2[C@@H]1O[C@H](COC(Cc2ccc(C(F)(F)F)cc2)(C(=O)O)C2=NCN=N2)[C@@H](O)[C@H]1O. The summed E-state index contributed by atoms with van der Waals surface area (Å²) in [4.78, 5) is 28.4. The van der Waals surface area contributed by atoms with Gasteiger partial charge in [0.1, 0.15) is 23.8 Å². The number of ether oxygens (including phenoxy) is 2. The Bertz CT molecular complexity index is 1500. The summed E-state index contributed by atoms with van der Waals surface area (Å²) in [6, 6.07) is 3.84. The van der Waals surface area contributed by atoms with Crippen molar-refractivity contribution in [3.05, 3.63) is 47.0 Å². The zero-order chi connectivity index (χ0) is 28.8. The molecule has 1 saturated heterocycles. The Morgan fingerprint density at radius 2 is 1.90 bits per heavy atom. The molecule has 1 fully saturated rings. The molecule has 5 rings (SSSR count). The number of amidine groups is 1. The van der Waals surface area contributed by atoms with E-state index in [9.17, 15) is 33.3 Å².